The van der Waals surface area contributed by atoms with Crippen molar-refractivity contribution in [3.05, 3.63) is 0 Å². The highest BCUT2D eigenvalue weighted by Crippen LogP contribution is 2.00. The molecule has 114 valence electrons. The lowest BCUT2D eigenvalue weighted by Crippen LogP contribution is -2.47. The van der Waals surface area contributed by atoms with Crippen LogP contribution in [0.25, 0.3) is 0 Å². The summed E-state index contributed by atoms with van der Waals surface area (Å²) in [6.45, 7) is 16.3. The molecule has 0 radical (unpaired) electrons. The average Bonchev–Trinajstić information content (AvgIpc) is 2.46. The fourth-order valence-electron chi connectivity index (χ4n) is 2.17. The number of nitrogens with zero attached hydrogens (tertiary/aromatic N) is 2. The quantitative estimate of drug-likeness (QED) is 0.547. The van der Waals surface area contributed by atoms with Gasteiger partial charge in [0, 0.05) is 39.3 Å². The molecule has 1 aliphatic heterocycles. The minimum atomic E-state index is 0.703. The number of rotatable bonds is 11. The molecular formula is C14H31N3O2. The molecule has 19 heavy (non-hydrogen) atoms. The molecule has 0 spiro atoms. The van der Waals surface area contributed by atoms with Crippen molar-refractivity contribution in [1.29, 1.82) is 0 Å². The average molecular weight is 273 g/mol. The van der Waals surface area contributed by atoms with Crippen molar-refractivity contribution in [1.82, 2.24) is 15.1 Å². The second-order valence-electron chi connectivity index (χ2n) is 4.85. The molecule has 1 aliphatic rings. The predicted molar refractivity (Wildman–Crippen MR) is 78.7 cm³/mol. The Bertz CT molecular complexity index is 197. The zero-order valence-corrected chi connectivity index (χ0v) is 12.7. The molecule has 1 rings (SSSR count). The summed E-state index contributed by atoms with van der Waals surface area (Å²) in [5.41, 5.74) is 0. The second-order valence-corrected chi connectivity index (χ2v) is 4.85. The minimum absolute atomic E-state index is 0.703. The minimum Gasteiger partial charge on any atom is -0.378 e. The maximum absolute atomic E-state index is 5.60. The molecule has 5 nitrogen and oxygen atoms in total. The van der Waals surface area contributed by atoms with Crippen molar-refractivity contribution < 1.29 is 9.47 Å². The SMILES string of the molecule is CCNCCOCCOCCN1CCN(CC)CC1. The van der Waals surface area contributed by atoms with E-state index in [9.17, 15) is 0 Å². The van der Waals surface area contributed by atoms with Gasteiger partial charge in [-0.2, -0.15) is 0 Å². The van der Waals surface area contributed by atoms with Gasteiger partial charge >= 0.3 is 0 Å². The third-order valence-corrected chi connectivity index (χ3v) is 3.51. The lowest BCUT2D eigenvalue weighted by atomic mass is 10.3. The van der Waals surface area contributed by atoms with Crippen LogP contribution in [0.3, 0.4) is 0 Å². The van der Waals surface area contributed by atoms with Crippen LogP contribution in [0, 0.1) is 0 Å². The third-order valence-electron chi connectivity index (χ3n) is 3.51. The van der Waals surface area contributed by atoms with E-state index in [1.807, 2.05) is 0 Å². The summed E-state index contributed by atoms with van der Waals surface area (Å²) in [5.74, 6) is 0. The molecule has 0 unspecified atom stereocenters. The van der Waals surface area contributed by atoms with E-state index in [1.54, 1.807) is 0 Å². The van der Waals surface area contributed by atoms with E-state index >= 15 is 0 Å². The fraction of sp³-hybridized carbons (Fsp3) is 1.00. The summed E-state index contributed by atoms with van der Waals surface area (Å²) in [5, 5.41) is 3.23. The first-order chi connectivity index (χ1) is 9.36. The first kappa shape index (κ1) is 16.9. The Balaban J connectivity index is 1.81. The molecule has 1 heterocycles. The topological polar surface area (TPSA) is 37.0 Å². The van der Waals surface area contributed by atoms with Crippen LogP contribution in [0.2, 0.25) is 0 Å². The highest BCUT2D eigenvalue weighted by atomic mass is 16.5. The van der Waals surface area contributed by atoms with Crippen molar-refractivity contribution in [2.75, 3.05) is 78.8 Å². The van der Waals surface area contributed by atoms with Gasteiger partial charge in [0.05, 0.1) is 26.4 Å². The maximum Gasteiger partial charge on any atom is 0.0701 e. The summed E-state index contributed by atoms with van der Waals surface area (Å²) in [6, 6.07) is 0. The molecule has 1 fully saturated rings. The van der Waals surface area contributed by atoms with Crippen molar-refractivity contribution in [3.8, 4) is 0 Å². The van der Waals surface area contributed by atoms with E-state index in [0.717, 1.165) is 32.8 Å². The van der Waals surface area contributed by atoms with Gasteiger partial charge in [-0.05, 0) is 13.1 Å². The van der Waals surface area contributed by atoms with E-state index < -0.39 is 0 Å². The smallest absolute Gasteiger partial charge is 0.0701 e. The van der Waals surface area contributed by atoms with E-state index in [4.69, 9.17) is 9.47 Å². The van der Waals surface area contributed by atoms with Crippen LogP contribution < -0.4 is 5.32 Å². The largest absolute Gasteiger partial charge is 0.378 e. The van der Waals surface area contributed by atoms with E-state index in [-0.39, 0.29) is 0 Å². The monoisotopic (exact) mass is 273 g/mol. The summed E-state index contributed by atoms with van der Waals surface area (Å²) in [6.07, 6.45) is 0. The predicted octanol–water partition coefficient (Wildman–Crippen LogP) is 0.267. The summed E-state index contributed by atoms with van der Waals surface area (Å²) >= 11 is 0. The van der Waals surface area contributed by atoms with Crippen LogP contribution in [0.1, 0.15) is 13.8 Å². The number of hydrogen-bond acceptors (Lipinski definition) is 5. The molecule has 5 heteroatoms. The molecule has 0 atom stereocenters. The first-order valence-corrected chi connectivity index (χ1v) is 7.67. The van der Waals surface area contributed by atoms with Gasteiger partial charge in [0.2, 0.25) is 0 Å². The van der Waals surface area contributed by atoms with Gasteiger partial charge < -0.3 is 19.7 Å². The van der Waals surface area contributed by atoms with Crippen LogP contribution in [0.4, 0.5) is 0 Å². The van der Waals surface area contributed by atoms with Crippen molar-refractivity contribution in [2.45, 2.75) is 13.8 Å². The summed E-state index contributed by atoms with van der Waals surface area (Å²) in [4.78, 5) is 4.98. The molecule has 0 amide bonds. The zero-order chi connectivity index (χ0) is 13.8. The lowest BCUT2D eigenvalue weighted by Gasteiger charge is -2.33. The molecular weight excluding hydrogens is 242 g/mol. The zero-order valence-electron chi connectivity index (χ0n) is 12.7. The molecule has 0 aliphatic carbocycles. The Morgan fingerprint density at radius 2 is 1.47 bits per heavy atom. The van der Waals surface area contributed by atoms with E-state index in [1.165, 1.54) is 32.7 Å². The van der Waals surface area contributed by atoms with Gasteiger partial charge in [-0.1, -0.05) is 13.8 Å². The molecule has 0 aromatic carbocycles. The summed E-state index contributed by atoms with van der Waals surface area (Å²) in [7, 11) is 0. The van der Waals surface area contributed by atoms with Crippen LogP contribution in [0.15, 0.2) is 0 Å². The standard InChI is InChI=1S/C14H31N3O2/c1-3-15-5-11-18-13-14-19-12-10-17-8-6-16(4-2)7-9-17/h15H,3-14H2,1-2H3. The molecule has 0 aromatic rings. The lowest BCUT2D eigenvalue weighted by molar-refractivity contribution is 0.0329. The Morgan fingerprint density at radius 3 is 2.11 bits per heavy atom. The number of likely N-dealkylation sites (N-methyl/N-ethyl adjacent to an activating group) is 2. The first-order valence-electron chi connectivity index (χ1n) is 7.67. The van der Waals surface area contributed by atoms with Crippen LogP contribution in [0.5, 0.6) is 0 Å². The van der Waals surface area contributed by atoms with Gasteiger partial charge in [0.15, 0.2) is 0 Å². The Labute approximate surface area is 118 Å². The number of ether oxygens (including phenoxy) is 2. The van der Waals surface area contributed by atoms with Gasteiger partial charge in [-0.15, -0.1) is 0 Å². The number of nitrogens with one attached hydrogen (secondary N) is 1. The van der Waals surface area contributed by atoms with Gasteiger partial charge in [0.1, 0.15) is 0 Å². The van der Waals surface area contributed by atoms with Gasteiger partial charge in [0.25, 0.3) is 0 Å². The normalized spacial score (nSPS) is 18.0. The summed E-state index contributed by atoms with van der Waals surface area (Å²) < 4.78 is 11.0. The molecule has 0 bridgehead atoms. The van der Waals surface area contributed by atoms with Gasteiger partial charge in [-0.3, -0.25) is 4.90 Å². The van der Waals surface area contributed by atoms with E-state index in [0.29, 0.717) is 13.2 Å². The number of hydrogen-bond donors (Lipinski definition) is 1. The van der Waals surface area contributed by atoms with Crippen molar-refractivity contribution in [2.24, 2.45) is 0 Å². The molecule has 1 N–H and O–H groups in total. The maximum atomic E-state index is 5.60. The highest BCUT2D eigenvalue weighted by molar-refractivity contribution is 4.70. The van der Waals surface area contributed by atoms with Crippen molar-refractivity contribution >= 4 is 0 Å². The molecule has 0 aromatic heterocycles. The second kappa shape index (κ2) is 11.6. The van der Waals surface area contributed by atoms with E-state index in [2.05, 4.69) is 29.0 Å². The van der Waals surface area contributed by atoms with Crippen LogP contribution >= 0.6 is 0 Å². The van der Waals surface area contributed by atoms with Gasteiger partial charge in [-0.25, -0.2) is 0 Å². The van der Waals surface area contributed by atoms with Crippen molar-refractivity contribution in [3.63, 3.8) is 0 Å². The molecule has 1 saturated heterocycles. The molecule has 0 saturated carbocycles. The van der Waals surface area contributed by atoms with Crippen LogP contribution in [-0.2, 0) is 9.47 Å². The van der Waals surface area contributed by atoms with Crippen LogP contribution in [-0.4, -0.2) is 88.6 Å². The fourth-order valence-corrected chi connectivity index (χ4v) is 2.17. The Kier molecular flexibility index (Phi) is 10.3. The number of piperazine rings is 1. The highest BCUT2D eigenvalue weighted by Gasteiger charge is 2.14. The third kappa shape index (κ3) is 8.55. The Morgan fingerprint density at radius 1 is 0.842 bits per heavy atom. The Hall–Kier alpha value is -0.200.